The average molecular weight is 477 g/mol. The van der Waals surface area contributed by atoms with Gasteiger partial charge in [0, 0.05) is 25.2 Å². The molecular formula is C28H40N6O. The molecule has 1 aromatic carbocycles. The van der Waals surface area contributed by atoms with Gasteiger partial charge in [-0.25, -0.2) is 15.0 Å². The third-order valence-corrected chi connectivity index (χ3v) is 6.86. The largest absolute Gasteiger partial charge is 0.337 e. The summed E-state index contributed by atoms with van der Waals surface area (Å²) in [7, 11) is 0. The van der Waals surface area contributed by atoms with Crippen molar-refractivity contribution in [1.82, 2.24) is 29.3 Å². The van der Waals surface area contributed by atoms with Crippen molar-refractivity contribution in [2.75, 3.05) is 32.7 Å². The van der Waals surface area contributed by atoms with Crippen molar-refractivity contribution in [2.24, 2.45) is 0 Å². The first-order chi connectivity index (χ1) is 17.2. The van der Waals surface area contributed by atoms with Gasteiger partial charge in [0.25, 0.3) is 5.91 Å². The van der Waals surface area contributed by atoms with Gasteiger partial charge >= 0.3 is 0 Å². The Hall–Kier alpha value is -2.80. The summed E-state index contributed by atoms with van der Waals surface area (Å²) in [5.74, 6) is 0.848. The number of benzene rings is 1. The Kier molecular flexibility index (Phi) is 9.23. The molecule has 3 aromatic rings. The third-order valence-electron chi connectivity index (χ3n) is 6.86. The zero-order chi connectivity index (χ0) is 24.5. The number of imidazole rings is 1. The maximum Gasteiger partial charge on any atom is 0.274 e. The molecule has 1 aliphatic heterocycles. The van der Waals surface area contributed by atoms with Crippen molar-refractivity contribution in [2.45, 2.75) is 71.8 Å². The number of amides is 1. The van der Waals surface area contributed by atoms with Crippen LogP contribution in [0.2, 0.25) is 0 Å². The molecule has 0 bridgehead atoms. The molecule has 0 saturated carbocycles. The van der Waals surface area contributed by atoms with Crippen LogP contribution in [0.15, 0.2) is 36.5 Å². The van der Waals surface area contributed by atoms with E-state index in [2.05, 4.69) is 40.4 Å². The Labute approximate surface area is 209 Å². The minimum Gasteiger partial charge on any atom is -0.337 e. The second-order valence-corrected chi connectivity index (χ2v) is 9.61. The molecule has 35 heavy (non-hydrogen) atoms. The molecule has 1 fully saturated rings. The Morgan fingerprint density at radius 3 is 2.31 bits per heavy atom. The van der Waals surface area contributed by atoms with Crippen molar-refractivity contribution in [1.29, 1.82) is 0 Å². The van der Waals surface area contributed by atoms with Crippen molar-refractivity contribution in [3.8, 4) is 11.4 Å². The highest BCUT2D eigenvalue weighted by Gasteiger charge is 2.21. The Morgan fingerprint density at radius 1 is 0.914 bits per heavy atom. The van der Waals surface area contributed by atoms with E-state index in [1.807, 2.05) is 23.1 Å². The fourth-order valence-corrected chi connectivity index (χ4v) is 4.83. The Bertz CT molecular complexity index is 1070. The van der Waals surface area contributed by atoms with Crippen LogP contribution in [0.5, 0.6) is 0 Å². The lowest BCUT2D eigenvalue weighted by molar-refractivity contribution is 0.0745. The molecule has 7 nitrogen and oxygen atoms in total. The van der Waals surface area contributed by atoms with Gasteiger partial charge in [0.2, 0.25) is 0 Å². The standard InChI is InChI=1S/C28H40N6O/c1-3-5-19-33(20-6-4-2)28(35)24-22-29-25-27(30-24)34(21-13-18-32-16-11-8-12-17-32)26(31-25)23-14-9-7-10-15-23/h7,9-10,14-15,22H,3-6,8,11-13,16-21H2,1-2H3. The Balaban J connectivity index is 1.62. The fourth-order valence-electron chi connectivity index (χ4n) is 4.83. The summed E-state index contributed by atoms with van der Waals surface area (Å²) in [6, 6.07) is 10.2. The number of aryl methyl sites for hydroxylation is 1. The maximum absolute atomic E-state index is 13.4. The van der Waals surface area contributed by atoms with Gasteiger partial charge in [-0.1, -0.05) is 63.4 Å². The number of unbranched alkanes of at least 4 members (excludes halogenated alkanes) is 2. The highest BCUT2D eigenvalue weighted by atomic mass is 16.2. The summed E-state index contributed by atoms with van der Waals surface area (Å²) in [4.78, 5) is 32.2. The number of piperidine rings is 1. The summed E-state index contributed by atoms with van der Waals surface area (Å²) in [5, 5.41) is 0. The third kappa shape index (κ3) is 6.45. The summed E-state index contributed by atoms with van der Waals surface area (Å²) in [6.07, 6.45) is 10.7. The molecule has 0 N–H and O–H groups in total. The minimum atomic E-state index is -0.0244. The maximum atomic E-state index is 13.4. The molecule has 0 radical (unpaired) electrons. The monoisotopic (exact) mass is 476 g/mol. The highest BCUT2D eigenvalue weighted by molar-refractivity contribution is 5.93. The lowest BCUT2D eigenvalue weighted by atomic mass is 10.1. The number of likely N-dealkylation sites (tertiary alicyclic amines) is 1. The van der Waals surface area contributed by atoms with Crippen LogP contribution in [-0.2, 0) is 6.54 Å². The quantitative estimate of drug-likeness (QED) is 0.350. The summed E-state index contributed by atoms with van der Waals surface area (Å²) >= 11 is 0. The molecule has 0 aliphatic carbocycles. The first-order valence-electron chi connectivity index (χ1n) is 13.5. The van der Waals surface area contributed by atoms with E-state index in [0.717, 1.165) is 69.7 Å². The van der Waals surface area contributed by atoms with Crippen LogP contribution in [0.1, 0.15) is 75.7 Å². The number of carbonyl (C=O) groups excluding carboxylic acids is 1. The number of rotatable bonds is 12. The smallest absolute Gasteiger partial charge is 0.274 e. The topological polar surface area (TPSA) is 67.2 Å². The van der Waals surface area contributed by atoms with Crippen LogP contribution in [-0.4, -0.2) is 67.9 Å². The van der Waals surface area contributed by atoms with Crippen LogP contribution in [0.3, 0.4) is 0 Å². The normalized spacial score (nSPS) is 14.5. The average Bonchev–Trinajstić information content (AvgIpc) is 3.27. The lowest BCUT2D eigenvalue weighted by Gasteiger charge is -2.26. The van der Waals surface area contributed by atoms with Crippen LogP contribution in [0.25, 0.3) is 22.7 Å². The number of hydrogen-bond donors (Lipinski definition) is 0. The van der Waals surface area contributed by atoms with Crippen molar-refractivity contribution in [3.63, 3.8) is 0 Å². The molecule has 4 rings (SSSR count). The molecule has 0 atom stereocenters. The number of nitrogens with zero attached hydrogens (tertiary/aromatic N) is 6. The summed E-state index contributed by atoms with van der Waals surface area (Å²) < 4.78 is 2.17. The zero-order valence-electron chi connectivity index (χ0n) is 21.5. The van der Waals surface area contributed by atoms with E-state index in [1.165, 1.54) is 32.4 Å². The first-order valence-corrected chi connectivity index (χ1v) is 13.5. The second-order valence-electron chi connectivity index (χ2n) is 9.61. The molecule has 7 heteroatoms. The molecule has 1 saturated heterocycles. The van der Waals surface area contributed by atoms with Crippen LogP contribution in [0.4, 0.5) is 0 Å². The molecule has 1 amide bonds. The van der Waals surface area contributed by atoms with E-state index in [4.69, 9.17) is 9.97 Å². The van der Waals surface area contributed by atoms with Gasteiger partial charge in [0.15, 0.2) is 11.3 Å². The molecule has 2 aromatic heterocycles. The number of hydrogen-bond acceptors (Lipinski definition) is 5. The molecule has 0 unspecified atom stereocenters. The fraction of sp³-hybridized carbons (Fsp3) is 0.571. The summed E-state index contributed by atoms with van der Waals surface area (Å²) in [5.41, 5.74) is 2.78. The van der Waals surface area contributed by atoms with Crippen molar-refractivity contribution in [3.05, 3.63) is 42.2 Å². The van der Waals surface area contributed by atoms with Gasteiger partial charge in [0.05, 0.1) is 6.20 Å². The highest BCUT2D eigenvalue weighted by Crippen LogP contribution is 2.24. The number of carbonyl (C=O) groups is 1. The molecular weight excluding hydrogens is 436 g/mol. The van der Waals surface area contributed by atoms with E-state index < -0.39 is 0 Å². The van der Waals surface area contributed by atoms with Crippen LogP contribution < -0.4 is 0 Å². The minimum absolute atomic E-state index is 0.0244. The molecule has 1 aliphatic rings. The van der Waals surface area contributed by atoms with E-state index in [1.54, 1.807) is 6.20 Å². The van der Waals surface area contributed by atoms with Gasteiger partial charge in [-0.05, 0) is 51.7 Å². The Morgan fingerprint density at radius 2 is 1.63 bits per heavy atom. The molecule has 188 valence electrons. The number of aromatic nitrogens is 4. The predicted molar refractivity (Wildman–Crippen MR) is 141 cm³/mol. The van der Waals surface area contributed by atoms with E-state index in [-0.39, 0.29) is 5.91 Å². The first kappa shape index (κ1) is 25.3. The van der Waals surface area contributed by atoms with Gasteiger partial charge in [-0.15, -0.1) is 0 Å². The van der Waals surface area contributed by atoms with Crippen LogP contribution in [0, 0.1) is 0 Å². The van der Waals surface area contributed by atoms with Crippen molar-refractivity contribution < 1.29 is 4.79 Å². The summed E-state index contributed by atoms with van der Waals surface area (Å²) in [6.45, 7) is 10.1. The zero-order valence-corrected chi connectivity index (χ0v) is 21.5. The predicted octanol–water partition coefficient (Wildman–Crippen LogP) is 5.41. The molecule has 3 heterocycles. The van der Waals surface area contributed by atoms with E-state index >= 15 is 0 Å². The van der Waals surface area contributed by atoms with E-state index in [0.29, 0.717) is 17.0 Å². The SMILES string of the molecule is CCCCN(CCCC)C(=O)c1cnc2nc(-c3ccccc3)n(CCCN3CCCCC3)c2n1. The number of fused-ring (bicyclic) bond motifs is 1. The van der Waals surface area contributed by atoms with Crippen molar-refractivity contribution >= 4 is 17.2 Å². The van der Waals surface area contributed by atoms with Gasteiger partial charge in [-0.2, -0.15) is 0 Å². The van der Waals surface area contributed by atoms with Gasteiger partial charge < -0.3 is 14.4 Å². The second kappa shape index (κ2) is 12.8. The van der Waals surface area contributed by atoms with Gasteiger partial charge in [0.1, 0.15) is 11.5 Å². The molecule has 0 spiro atoms. The lowest BCUT2D eigenvalue weighted by Crippen LogP contribution is -2.33. The van der Waals surface area contributed by atoms with Gasteiger partial charge in [-0.3, -0.25) is 4.79 Å². The van der Waals surface area contributed by atoms with E-state index in [9.17, 15) is 4.79 Å². The van der Waals surface area contributed by atoms with Crippen LogP contribution >= 0.6 is 0 Å².